The molecule has 0 saturated heterocycles. The summed E-state index contributed by atoms with van der Waals surface area (Å²) < 4.78 is 13.0. The summed E-state index contributed by atoms with van der Waals surface area (Å²) in [6, 6.07) is 19.9. The number of unbranched alkanes of at least 4 members (excludes halogenated alkanes) is 1. The molecule has 2 aromatic heterocycles. The minimum Gasteiger partial charge on any atom is -0.445 e. The number of alkyl carbamates (subject to hydrolysis) is 1. The SMILES string of the molecule is CCCCc1nc2c(N)nc3ccccc3c2n1Cc1ccc(CNC(=O)OCc2ccc(NC(=O)[C@H](CCCNC(N)=O)NC(=O)[C@@H](NC(=O)CCOCCN=[N+]=[N-])C(C)C)cc2)cc1. The smallest absolute Gasteiger partial charge is 0.407 e. The number of pyridine rings is 1. The van der Waals surface area contributed by atoms with Crippen molar-refractivity contribution >= 4 is 63.3 Å². The van der Waals surface area contributed by atoms with E-state index < -0.39 is 41.9 Å². The second kappa shape index (κ2) is 25.2. The van der Waals surface area contributed by atoms with E-state index in [2.05, 4.69) is 53.1 Å². The van der Waals surface area contributed by atoms with Crippen molar-refractivity contribution in [2.45, 2.75) is 91.1 Å². The van der Waals surface area contributed by atoms with Gasteiger partial charge >= 0.3 is 12.1 Å². The standard InChI is InChI=1S/C46H59N13O7/c1-4-5-12-37-56-40-41(34-9-6-7-10-35(34)54-42(40)47)59(37)27-31-15-13-30(14-16-31)26-51-46(64)66-28-32-17-19-33(20-18-32)53-43(61)36(11-8-22-50-45(48)63)55-44(62)39(29(2)3)57-38(60)21-24-65-25-23-52-58-49/h6-7,9-10,13-20,29,36,39H,4-5,8,11-12,21-28H2,1-3H3,(H2,47,54)(H,51,64)(H,53,61)(H,55,62)(H,57,60)(H3,48,50,63)/t36-,39-/m0/s1. The Bertz CT molecular complexity index is 2490. The number of hydrogen-bond acceptors (Lipinski definition) is 11. The van der Waals surface area contributed by atoms with Crippen molar-refractivity contribution in [1.29, 1.82) is 0 Å². The number of para-hydroxylation sites is 1. The van der Waals surface area contributed by atoms with Gasteiger partial charge in [-0.2, -0.15) is 0 Å². The number of amides is 6. The van der Waals surface area contributed by atoms with Gasteiger partial charge in [-0.05, 0) is 65.6 Å². The van der Waals surface area contributed by atoms with E-state index in [4.69, 9.17) is 31.5 Å². The van der Waals surface area contributed by atoms with Crippen LogP contribution in [0.3, 0.4) is 0 Å². The molecule has 20 heteroatoms. The first kappa shape index (κ1) is 49.6. The lowest BCUT2D eigenvalue weighted by Crippen LogP contribution is -2.54. The molecule has 3 aromatic carbocycles. The Kier molecular flexibility index (Phi) is 18.9. The average molecular weight is 906 g/mol. The van der Waals surface area contributed by atoms with E-state index in [1.54, 1.807) is 38.1 Å². The number of primary amides is 1. The van der Waals surface area contributed by atoms with Crippen LogP contribution in [0, 0.1) is 5.92 Å². The summed E-state index contributed by atoms with van der Waals surface area (Å²) in [5, 5.41) is 17.9. The molecule has 0 aliphatic carbocycles. The zero-order valence-electron chi connectivity index (χ0n) is 37.5. The summed E-state index contributed by atoms with van der Waals surface area (Å²) in [6.45, 7) is 7.00. The molecule has 0 bridgehead atoms. The summed E-state index contributed by atoms with van der Waals surface area (Å²) in [5.74, 6) is -0.473. The highest BCUT2D eigenvalue weighted by atomic mass is 16.5. The van der Waals surface area contributed by atoms with E-state index in [9.17, 15) is 24.0 Å². The average Bonchev–Trinajstić information content (AvgIpc) is 3.67. The Labute approximate surface area is 382 Å². The predicted molar refractivity (Wildman–Crippen MR) is 251 cm³/mol. The molecule has 0 saturated carbocycles. The van der Waals surface area contributed by atoms with Crippen LogP contribution in [0.2, 0.25) is 0 Å². The van der Waals surface area contributed by atoms with Gasteiger partial charge in [-0.1, -0.05) is 86.9 Å². The fraction of sp³-hybridized carbons (Fsp3) is 0.413. The molecular weight excluding hydrogens is 847 g/mol. The zero-order chi connectivity index (χ0) is 47.4. The van der Waals surface area contributed by atoms with E-state index in [1.165, 1.54) is 0 Å². The minimum atomic E-state index is -1.03. The van der Waals surface area contributed by atoms with Gasteiger partial charge in [-0.25, -0.2) is 19.6 Å². The normalized spacial score (nSPS) is 11.9. The molecule has 0 aliphatic heterocycles. The number of aromatic nitrogens is 3. The Morgan fingerprint density at radius 2 is 1.61 bits per heavy atom. The van der Waals surface area contributed by atoms with Gasteiger partial charge in [0.2, 0.25) is 17.7 Å². The van der Waals surface area contributed by atoms with Gasteiger partial charge in [0.05, 0.1) is 24.2 Å². The van der Waals surface area contributed by atoms with Crippen LogP contribution in [0.5, 0.6) is 0 Å². The lowest BCUT2D eigenvalue weighted by atomic mass is 10.0. The molecule has 0 fully saturated rings. The number of hydrogen-bond donors (Lipinski definition) is 7. The van der Waals surface area contributed by atoms with Gasteiger partial charge in [-0.3, -0.25) is 14.4 Å². The maximum Gasteiger partial charge on any atom is 0.407 e. The number of carbonyl (C=O) groups is 5. The van der Waals surface area contributed by atoms with Crippen LogP contribution in [-0.2, 0) is 50.0 Å². The molecule has 350 valence electrons. The Morgan fingerprint density at radius 1 is 0.879 bits per heavy atom. The van der Waals surface area contributed by atoms with Crippen LogP contribution >= 0.6 is 0 Å². The third-order valence-corrected chi connectivity index (χ3v) is 10.6. The second-order valence-electron chi connectivity index (χ2n) is 16.0. The molecule has 2 heterocycles. The molecule has 9 N–H and O–H groups in total. The Balaban J connectivity index is 1.12. The number of ether oxygens (including phenoxy) is 2. The fourth-order valence-electron chi connectivity index (χ4n) is 7.08. The summed E-state index contributed by atoms with van der Waals surface area (Å²) in [7, 11) is 0. The molecular formula is C46H59N13O7. The number of nitrogens with two attached hydrogens (primary N) is 2. The van der Waals surface area contributed by atoms with Crippen molar-refractivity contribution in [2.24, 2.45) is 16.8 Å². The lowest BCUT2D eigenvalue weighted by molar-refractivity contribution is -0.132. The van der Waals surface area contributed by atoms with Gasteiger partial charge < -0.3 is 52.1 Å². The first-order valence-electron chi connectivity index (χ1n) is 22.0. The molecule has 66 heavy (non-hydrogen) atoms. The van der Waals surface area contributed by atoms with E-state index in [0.29, 0.717) is 35.6 Å². The van der Waals surface area contributed by atoms with Crippen LogP contribution in [0.15, 0.2) is 77.9 Å². The summed E-state index contributed by atoms with van der Waals surface area (Å²) in [6.07, 6.45) is 2.68. The van der Waals surface area contributed by atoms with Crippen molar-refractivity contribution in [2.75, 3.05) is 37.4 Å². The van der Waals surface area contributed by atoms with Gasteiger partial charge in [-0.15, -0.1) is 0 Å². The maximum atomic E-state index is 13.5. The van der Waals surface area contributed by atoms with Crippen LogP contribution < -0.4 is 38.1 Å². The van der Waals surface area contributed by atoms with Crippen molar-refractivity contribution in [3.8, 4) is 0 Å². The van der Waals surface area contributed by atoms with Gasteiger partial charge in [0.15, 0.2) is 5.82 Å². The Morgan fingerprint density at radius 3 is 2.32 bits per heavy atom. The third-order valence-electron chi connectivity index (χ3n) is 10.6. The van der Waals surface area contributed by atoms with E-state index in [1.807, 2.05) is 48.5 Å². The molecule has 5 aromatic rings. The van der Waals surface area contributed by atoms with E-state index >= 15 is 0 Å². The topological polar surface area (TPSA) is 295 Å². The molecule has 0 unspecified atom stereocenters. The number of rotatable bonds is 25. The molecule has 5 rings (SSSR count). The molecule has 0 spiro atoms. The van der Waals surface area contributed by atoms with Crippen molar-refractivity contribution in [3.05, 3.63) is 106 Å². The number of nitrogen functional groups attached to an aromatic ring is 1. The van der Waals surface area contributed by atoms with Crippen molar-refractivity contribution < 1.29 is 33.4 Å². The minimum absolute atomic E-state index is 0.0251. The predicted octanol–water partition coefficient (Wildman–Crippen LogP) is 5.71. The van der Waals surface area contributed by atoms with Crippen molar-refractivity contribution in [3.63, 3.8) is 0 Å². The number of azide groups is 1. The number of anilines is 2. The summed E-state index contributed by atoms with van der Waals surface area (Å²) in [5.41, 5.74) is 25.5. The summed E-state index contributed by atoms with van der Waals surface area (Å²) >= 11 is 0. The van der Waals surface area contributed by atoms with Gasteiger partial charge in [0.25, 0.3) is 0 Å². The van der Waals surface area contributed by atoms with E-state index in [0.717, 1.165) is 52.6 Å². The molecule has 0 radical (unpaired) electrons. The highest BCUT2D eigenvalue weighted by Gasteiger charge is 2.29. The van der Waals surface area contributed by atoms with Crippen LogP contribution in [-0.4, -0.2) is 82.8 Å². The van der Waals surface area contributed by atoms with Gasteiger partial charge in [0.1, 0.15) is 30.0 Å². The number of urea groups is 1. The number of nitrogens with one attached hydrogen (secondary N) is 5. The first-order valence-corrected chi connectivity index (χ1v) is 22.0. The molecule has 2 atom stereocenters. The largest absolute Gasteiger partial charge is 0.445 e. The van der Waals surface area contributed by atoms with Crippen LogP contribution in [0.1, 0.15) is 75.4 Å². The van der Waals surface area contributed by atoms with Crippen molar-refractivity contribution in [1.82, 2.24) is 35.8 Å². The zero-order valence-corrected chi connectivity index (χ0v) is 37.5. The monoisotopic (exact) mass is 905 g/mol. The molecule has 6 amide bonds. The Hall–Kier alpha value is -7.44. The third kappa shape index (κ3) is 14.8. The second-order valence-corrected chi connectivity index (χ2v) is 16.0. The number of nitrogens with zero attached hydrogens (tertiary/aromatic N) is 6. The number of imidazole rings is 1. The quantitative estimate of drug-likeness (QED) is 0.0162. The highest BCUT2D eigenvalue weighted by Crippen LogP contribution is 2.30. The van der Waals surface area contributed by atoms with Crippen LogP contribution in [0.25, 0.3) is 32.4 Å². The number of carbonyl (C=O) groups excluding carboxylic acids is 5. The number of aryl methyl sites for hydroxylation is 1. The molecule has 20 nitrogen and oxygen atoms in total. The van der Waals surface area contributed by atoms with Gasteiger partial charge in [0, 0.05) is 55.0 Å². The lowest BCUT2D eigenvalue weighted by Gasteiger charge is -2.25. The summed E-state index contributed by atoms with van der Waals surface area (Å²) in [4.78, 5) is 75.6. The maximum absolute atomic E-state index is 13.5. The highest BCUT2D eigenvalue weighted by molar-refractivity contribution is 6.06. The fourth-order valence-corrected chi connectivity index (χ4v) is 7.08. The number of fused-ring (bicyclic) bond motifs is 3. The first-order chi connectivity index (χ1) is 31.9. The molecule has 0 aliphatic rings. The number of benzene rings is 3. The van der Waals surface area contributed by atoms with E-state index in [-0.39, 0.29) is 58.2 Å². The van der Waals surface area contributed by atoms with Crippen LogP contribution in [0.4, 0.5) is 21.1 Å².